The SMILES string of the molecule is CN(CCC#N)S(=O)(=O)c1ccc(Cc2ccc3[nH]c(=O)cc(C(F)(F)F)c3c2)cc1. The molecule has 0 saturated heterocycles. The van der Waals surface area contributed by atoms with E-state index >= 15 is 0 Å². The number of sulfonamides is 1. The molecule has 10 heteroatoms. The van der Waals surface area contributed by atoms with E-state index in [2.05, 4.69) is 4.98 Å². The van der Waals surface area contributed by atoms with Crippen LogP contribution in [0.4, 0.5) is 13.2 Å². The van der Waals surface area contributed by atoms with E-state index in [-0.39, 0.29) is 35.2 Å². The largest absolute Gasteiger partial charge is 0.417 e. The zero-order valence-corrected chi connectivity index (χ0v) is 17.2. The molecule has 0 unspecified atom stereocenters. The lowest BCUT2D eigenvalue weighted by Crippen LogP contribution is -2.27. The standard InChI is InChI=1S/C21H18F3N3O3S/c1-27(10-2-9-25)31(29,30)16-6-3-14(4-7-16)11-15-5-8-19-17(12-15)18(21(22,23)24)13-20(28)26-19/h3-8,12-13H,2,10-11H2,1H3,(H,26,28). The van der Waals surface area contributed by atoms with Crippen LogP contribution in [-0.2, 0) is 22.6 Å². The lowest BCUT2D eigenvalue weighted by atomic mass is 10.0. The van der Waals surface area contributed by atoms with E-state index in [9.17, 15) is 26.4 Å². The third-order valence-electron chi connectivity index (χ3n) is 4.79. The molecule has 0 radical (unpaired) electrons. The van der Waals surface area contributed by atoms with Crippen LogP contribution in [0.5, 0.6) is 0 Å². The third kappa shape index (κ3) is 4.95. The van der Waals surface area contributed by atoms with Crippen molar-refractivity contribution in [2.45, 2.75) is 23.9 Å². The zero-order chi connectivity index (χ0) is 22.8. The molecule has 6 nitrogen and oxygen atoms in total. The van der Waals surface area contributed by atoms with Crippen LogP contribution in [0.3, 0.4) is 0 Å². The molecule has 0 spiro atoms. The molecule has 1 heterocycles. The highest BCUT2D eigenvalue weighted by molar-refractivity contribution is 7.89. The first-order chi connectivity index (χ1) is 14.5. The number of H-pyrrole nitrogens is 1. The fraction of sp³-hybridized carbons (Fsp3) is 0.238. The summed E-state index contributed by atoms with van der Waals surface area (Å²) in [5.41, 5.74) is -0.466. The monoisotopic (exact) mass is 449 g/mol. The Hall–Kier alpha value is -3.16. The maximum Gasteiger partial charge on any atom is 0.417 e. The summed E-state index contributed by atoms with van der Waals surface area (Å²) in [7, 11) is -2.35. The van der Waals surface area contributed by atoms with Crippen LogP contribution in [0.25, 0.3) is 10.9 Å². The van der Waals surface area contributed by atoms with E-state index in [4.69, 9.17) is 5.26 Å². The Morgan fingerprint density at radius 3 is 2.32 bits per heavy atom. The van der Waals surface area contributed by atoms with Crippen LogP contribution in [-0.4, -0.2) is 31.3 Å². The van der Waals surface area contributed by atoms with Crippen molar-refractivity contribution in [3.8, 4) is 6.07 Å². The number of hydrogen-bond acceptors (Lipinski definition) is 4. The molecule has 2 aromatic carbocycles. The molecule has 3 aromatic rings. The van der Waals surface area contributed by atoms with Gasteiger partial charge in [-0.3, -0.25) is 4.79 Å². The normalized spacial score (nSPS) is 12.3. The Kier molecular flexibility index (Phi) is 6.20. The number of pyridine rings is 1. The molecule has 0 bridgehead atoms. The zero-order valence-electron chi connectivity index (χ0n) is 16.4. The predicted molar refractivity (Wildman–Crippen MR) is 109 cm³/mol. The van der Waals surface area contributed by atoms with Gasteiger partial charge in [-0.1, -0.05) is 18.2 Å². The molecule has 0 amide bonds. The van der Waals surface area contributed by atoms with Gasteiger partial charge in [0.25, 0.3) is 0 Å². The van der Waals surface area contributed by atoms with Gasteiger partial charge in [-0.15, -0.1) is 0 Å². The maximum atomic E-state index is 13.3. The molecular weight excluding hydrogens is 431 g/mol. The highest BCUT2D eigenvalue weighted by atomic mass is 32.2. The Balaban J connectivity index is 1.89. The highest BCUT2D eigenvalue weighted by Gasteiger charge is 2.33. The van der Waals surface area contributed by atoms with Crippen molar-refractivity contribution in [2.75, 3.05) is 13.6 Å². The quantitative estimate of drug-likeness (QED) is 0.621. The second-order valence-corrected chi connectivity index (χ2v) is 9.03. The van der Waals surface area contributed by atoms with Crippen molar-refractivity contribution >= 4 is 20.9 Å². The minimum Gasteiger partial charge on any atom is -0.322 e. The summed E-state index contributed by atoms with van der Waals surface area (Å²) in [6, 6.07) is 12.9. The van der Waals surface area contributed by atoms with Crippen LogP contribution in [0.2, 0.25) is 0 Å². The summed E-state index contributed by atoms with van der Waals surface area (Å²) in [6.45, 7) is 0.0707. The number of rotatable bonds is 6. The summed E-state index contributed by atoms with van der Waals surface area (Å²) >= 11 is 0. The first kappa shape index (κ1) is 22.5. The molecule has 162 valence electrons. The van der Waals surface area contributed by atoms with Gasteiger partial charge in [0, 0.05) is 37.0 Å². The number of nitrogens with one attached hydrogen (secondary N) is 1. The lowest BCUT2D eigenvalue weighted by molar-refractivity contribution is -0.136. The Bertz CT molecular complexity index is 1310. The topological polar surface area (TPSA) is 94.0 Å². The molecule has 31 heavy (non-hydrogen) atoms. The second kappa shape index (κ2) is 8.53. The summed E-state index contributed by atoms with van der Waals surface area (Å²) < 4.78 is 66.1. The van der Waals surface area contributed by atoms with Gasteiger partial charge in [0.05, 0.1) is 16.5 Å². The summed E-state index contributed by atoms with van der Waals surface area (Å²) in [6.07, 6.45) is -4.32. The van der Waals surface area contributed by atoms with Gasteiger partial charge >= 0.3 is 6.18 Å². The van der Waals surface area contributed by atoms with Crippen LogP contribution >= 0.6 is 0 Å². The summed E-state index contributed by atoms with van der Waals surface area (Å²) in [4.78, 5) is 14.0. The average Bonchev–Trinajstić information content (AvgIpc) is 2.71. The number of benzene rings is 2. The molecule has 0 aliphatic heterocycles. The number of fused-ring (bicyclic) bond motifs is 1. The molecule has 1 N–H and O–H groups in total. The van der Waals surface area contributed by atoms with Crippen LogP contribution < -0.4 is 5.56 Å². The van der Waals surface area contributed by atoms with Gasteiger partial charge in [0.15, 0.2) is 0 Å². The first-order valence-corrected chi connectivity index (χ1v) is 10.6. The highest BCUT2D eigenvalue weighted by Crippen LogP contribution is 2.33. The van der Waals surface area contributed by atoms with Crippen molar-refractivity contribution in [3.63, 3.8) is 0 Å². The first-order valence-electron chi connectivity index (χ1n) is 9.18. The third-order valence-corrected chi connectivity index (χ3v) is 6.66. The fourth-order valence-corrected chi connectivity index (χ4v) is 4.34. The molecule has 0 aliphatic rings. The smallest absolute Gasteiger partial charge is 0.322 e. The minimum absolute atomic E-state index is 0.0622. The van der Waals surface area contributed by atoms with Crippen molar-refractivity contribution < 1.29 is 21.6 Å². The van der Waals surface area contributed by atoms with Gasteiger partial charge in [-0.05, 0) is 41.8 Å². The number of nitriles is 1. The predicted octanol–water partition coefficient (Wildman–Crippen LogP) is 3.67. The Morgan fingerprint density at radius 2 is 1.71 bits per heavy atom. The Labute approximate surface area is 176 Å². The van der Waals surface area contributed by atoms with Gasteiger partial charge in [0.2, 0.25) is 15.6 Å². The van der Waals surface area contributed by atoms with Gasteiger partial charge in [-0.2, -0.15) is 22.7 Å². The molecular formula is C21H18F3N3O3S. The maximum absolute atomic E-state index is 13.3. The van der Waals surface area contributed by atoms with E-state index in [1.165, 1.54) is 31.3 Å². The number of hydrogen-bond donors (Lipinski definition) is 1. The number of aromatic amines is 1. The molecule has 0 saturated carbocycles. The number of alkyl halides is 3. The van der Waals surface area contributed by atoms with Crippen molar-refractivity contribution in [1.29, 1.82) is 5.26 Å². The van der Waals surface area contributed by atoms with Crippen molar-refractivity contribution in [1.82, 2.24) is 9.29 Å². The molecule has 3 rings (SSSR count). The van der Waals surface area contributed by atoms with Crippen molar-refractivity contribution in [3.05, 3.63) is 75.6 Å². The summed E-state index contributed by atoms with van der Waals surface area (Å²) in [5, 5.41) is 8.51. The van der Waals surface area contributed by atoms with Gasteiger partial charge in [0.1, 0.15) is 0 Å². The number of halogens is 3. The van der Waals surface area contributed by atoms with E-state index < -0.39 is 27.3 Å². The average molecular weight is 449 g/mol. The van der Waals surface area contributed by atoms with Gasteiger partial charge < -0.3 is 4.98 Å². The number of nitrogens with zero attached hydrogens (tertiary/aromatic N) is 2. The fourth-order valence-electron chi connectivity index (χ4n) is 3.17. The molecule has 0 atom stereocenters. The molecule has 0 fully saturated rings. The minimum atomic E-state index is -4.67. The van der Waals surface area contributed by atoms with Crippen LogP contribution in [0.15, 0.2) is 58.2 Å². The summed E-state index contributed by atoms with van der Waals surface area (Å²) in [5.74, 6) is 0. The van der Waals surface area contributed by atoms with E-state index in [1.54, 1.807) is 18.2 Å². The molecule has 0 aliphatic carbocycles. The lowest BCUT2D eigenvalue weighted by Gasteiger charge is -2.16. The van der Waals surface area contributed by atoms with Gasteiger partial charge in [-0.25, -0.2) is 8.42 Å². The van der Waals surface area contributed by atoms with E-state index in [0.717, 1.165) is 4.31 Å². The van der Waals surface area contributed by atoms with E-state index in [0.29, 0.717) is 17.2 Å². The second-order valence-electron chi connectivity index (χ2n) is 6.98. The van der Waals surface area contributed by atoms with E-state index in [1.807, 2.05) is 6.07 Å². The van der Waals surface area contributed by atoms with Crippen LogP contribution in [0, 0.1) is 11.3 Å². The van der Waals surface area contributed by atoms with Crippen LogP contribution in [0.1, 0.15) is 23.1 Å². The number of aromatic nitrogens is 1. The van der Waals surface area contributed by atoms with Crippen molar-refractivity contribution in [2.24, 2.45) is 0 Å². The Morgan fingerprint density at radius 1 is 1.06 bits per heavy atom. The molecule has 1 aromatic heterocycles.